The van der Waals surface area contributed by atoms with Gasteiger partial charge in [0.05, 0.1) is 12.6 Å². The smallest absolute Gasteiger partial charge is 0.320 e. The highest BCUT2D eigenvalue weighted by molar-refractivity contribution is 5.71. The molecule has 1 aromatic carbocycles. The standard InChI is InChI=1S/C12H15F2NO2/c1-8(2)17-12(16)7-15-6-9-3-4-10(13)11(14)5-9/h3-5,8,15H,6-7H2,1-2H3. The zero-order valence-electron chi connectivity index (χ0n) is 9.80. The fourth-order valence-corrected chi connectivity index (χ4v) is 1.26. The molecule has 94 valence electrons. The van der Waals surface area contributed by atoms with Gasteiger partial charge in [-0.1, -0.05) is 6.07 Å². The van der Waals surface area contributed by atoms with Crippen molar-refractivity contribution in [3.63, 3.8) is 0 Å². The van der Waals surface area contributed by atoms with Crippen LogP contribution in [0.5, 0.6) is 0 Å². The maximum Gasteiger partial charge on any atom is 0.320 e. The van der Waals surface area contributed by atoms with Crippen LogP contribution in [0.3, 0.4) is 0 Å². The molecule has 0 aliphatic rings. The lowest BCUT2D eigenvalue weighted by molar-refractivity contribution is -0.146. The van der Waals surface area contributed by atoms with Crippen LogP contribution in [0.25, 0.3) is 0 Å². The molecule has 3 nitrogen and oxygen atoms in total. The number of benzene rings is 1. The van der Waals surface area contributed by atoms with Gasteiger partial charge in [0.15, 0.2) is 11.6 Å². The Bertz CT molecular complexity index is 394. The first-order valence-corrected chi connectivity index (χ1v) is 5.33. The van der Waals surface area contributed by atoms with Gasteiger partial charge < -0.3 is 10.1 Å². The number of carbonyl (C=O) groups excluding carboxylic acids is 1. The van der Waals surface area contributed by atoms with Gasteiger partial charge in [0, 0.05) is 6.54 Å². The van der Waals surface area contributed by atoms with Crippen LogP contribution < -0.4 is 5.32 Å². The van der Waals surface area contributed by atoms with Crippen molar-refractivity contribution >= 4 is 5.97 Å². The van der Waals surface area contributed by atoms with E-state index in [0.717, 1.165) is 12.1 Å². The average molecular weight is 243 g/mol. The normalized spacial score (nSPS) is 10.6. The molecule has 0 radical (unpaired) electrons. The fourth-order valence-electron chi connectivity index (χ4n) is 1.26. The van der Waals surface area contributed by atoms with Gasteiger partial charge in [-0.15, -0.1) is 0 Å². The Morgan fingerprint density at radius 1 is 1.35 bits per heavy atom. The van der Waals surface area contributed by atoms with Gasteiger partial charge in [-0.2, -0.15) is 0 Å². The third-order valence-electron chi connectivity index (χ3n) is 1.95. The molecule has 0 bridgehead atoms. The van der Waals surface area contributed by atoms with E-state index in [1.807, 2.05) is 0 Å². The van der Waals surface area contributed by atoms with Crippen LogP contribution in [0, 0.1) is 11.6 Å². The summed E-state index contributed by atoms with van der Waals surface area (Å²) < 4.78 is 30.4. The second kappa shape index (κ2) is 6.30. The molecule has 0 spiro atoms. The minimum absolute atomic E-state index is 0.0389. The van der Waals surface area contributed by atoms with Crippen molar-refractivity contribution in [1.29, 1.82) is 0 Å². The zero-order valence-corrected chi connectivity index (χ0v) is 9.80. The first kappa shape index (κ1) is 13.6. The number of nitrogens with one attached hydrogen (secondary N) is 1. The quantitative estimate of drug-likeness (QED) is 0.804. The first-order valence-electron chi connectivity index (χ1n) is 5.33. The molecule has 0 aromatic heterocycles. The molecule has 0 heterocycles. The van der Waals surface area contributed by atoms with Crippen LogP contribution in [0.2, 0.25) is 0 Å². The summed E-state index contributed by atoms with van der Waals surface area (Å²) in [5.41, 5.74) is 0.571. The summed E-state index contributed by atoms with van der Waals surface area (Å²) in [5.74, 6) is -2.15. The summed E-state index contributed by atoms with van der Waals surface area (Å²) in [6, 6.07) is 3.61. The van der Waals surface area contributed by atoms with Crippen LogP contribution in [-0.2, 0) is 16.1 Å². The van der Waals surface area contributed by atoms with Crippen molar-refractivity contribution in [2.45, 2.75) is 26.5 Å². The predicted octanol–water partition coefficient (Wildman–Crippen LogP) is 2.01. The molecule has 1 rings (SSSR count). The largest absolute Gasteiger partial charge is 0.462 e. The Morgan fingerprint density at radius 3 is 2.65 bits per heavy atom. The molecule has 1 aromatic rings. The summed E-state index contributed by atoms with van der Waals surface area (Å²) in [4.78, 5) is 11.1. The molecule has 0 fully saturated rings. The number of halogens is 2. The van der Waals surface area contributed by atoms with Crippen LogP contribution in [0.4, 0.5) is 8.78 Å². The third-order valence-corrected chi connectivity index (χ3v) is 1.95. The monoisotopic (exact) mass is 243 g/mol. The number of ether oxygens (including phenoxy) is 1. The van der Waals surface area contributed by atoms with Crippen molar-refractivity contribution in [2.75, 3.05) is 6.54 Å². The van der Waals surface area contributed by atoms with Gasteiger partial charge in [-0.3, -0.25) is 4.79 Å². The molecular weight excluding hydrogens is 228 g/mol. The Labute approximate surface area is 98.8 Å². The minimum Gasteiger partial charge on any atom is -0.462 e. The van der Waals surface area contributed by atoms with Crippen molar-refractivity contribution in [1.82, 2.24) is 5.32 Å². The molecule has 0 amide bonds. The topological polar surface area (TPSA) is 38.3 Å². The molecule has 0 saturated carbocycles. The van der Waals surface area contributed by atoms with E-state index in [0.29, 0.717) is 5.56 Å². The number of hydrogen-bond donors (Lipinski definition) is 1. The van der Waals surface area contributed by atoms with E-state index < -0.39 is 11.6 Å². The molecule has 17 heavy (non-hydrogen) atoms. The highest BCUT2D eigenvalue weighted by Gasteiger charge is 2.06. The highest BCUT2D eigenvalue weighted by atomic mass is 19.2. The molecule has 0 aliphatic carbocycles. The van der Waals surface area contributed by atoms with E-state index in [-0.39, 0.29) is 25.2 Å². The number of hydrogen-bond acceptors (Lipinski definition) is 3. The lowest BCUT2D eigenvalue weighted by atomic mass is 10.2. The minimum atomic E-state index is -0.894. The predicted molar refractivity (Wildman–Crippen MR) is 59.3 cm³/mol. The molecule has 0 aliphatic heterocycles. The molecule has 5 heteroatoms. The van der Waals surface area contributed by atoms with E-state index in [1.54, 1.807) is 13.8 Å². The molecule has 0 unspecified atom stereocenters. The van der Waals surface area contributed by atoms with Crippen molar-refractivity contribution in [2.24, 2.45) is 0 Å². The second-order valence-electron chi connectivity index (χ2n) is 3.89. The van der Waals surface area contributed by atoms with Crippen molar-refractivity contribution < 1.29 is 18.3 Å². The van der Waals surface area contributed by atoms with Gasteiger partial charge in [0.1, 0.15) is 0 Å². The van der Waals surface area contributed by atoms with Gasteiger partial charge in [0.2, 0.25) is 0 Å². The van der Waals surface area contributed by atoms with E-state index in [2.05, 4.69) is 5.32 Å². The van der Waals surface area contributed by atoms with E-state index in [4.69, 9.17) is 4.74 Å². The summed E-state index contributed by atoms with van der Waals surface area (Å²) in [6.07, 6.45) is -0.160. The molecule has 0 saturated heterocycles. The molecule has 0 atom stereocenters. The zero-order chi connectivity index (χ0) is 12.8. The van der Waals surface area contributed by atoms with Gasteiger partial charge >= 0.3 is 5.97 Å². The van der Waals surface area contributed by atoms with Crippen molar-refractivity contribution in [3.8, 4) is 0 Å². The van der Waals surface area contributed by atoms with Crippen LogP contribution >= 0.6 is 0 Å². The Kier molecular flexibility index (Phi) is 5.03. The number of esters is 1. The summed E-state index contributed by atoms with van der Waals surface area (Å²) in [5, 5.41) is 2.79. The Balaban J connectivity index is 2.36. The number of rotatable bonds is 5. The first-order chi connectivity index (χ1) is 7.99. The maximum atomic E-state index is 12.8. The molecular formula is C12H15F2NO2. The summed E-state index contributed by atoms with van der Waals surface area (Å²) in [7, 11) is 0. The van der Waals surface area contributed by atoms with Gasteiger partial charge in [-0.25, -0.2) is 8.78 Å². The Morgan fingerprint density at radius 2 is 2.06 bits per heavy atom. The molecule has 1 N–H and O–H groups in total. The van der Waals surface area contributed by atoms with Crippen molar-refractivity contribution in [3.05, 3.63) is 35.4 Å². The average Bonchev–Trinajstić information content (AvgIpc) is 2.22. The number of carbonyl (C=O) groups is 1. The Hall–Kier alpha value is -1.49. The van der Waals surface area contributed by atoms with Gasteiger partial charge in [-0.05, 0) is 31.5 Å². The lowest BCUT2D eigenvalue weighted by Gasteiger charge is -2.08. The van der Waals surface area contributed by atoms with Crippen LogP contribution in [-0.4, -0.2) is 18.6 Å². The third kappa shape index (κ3) is 4.91. The maximum absolute atomic E-state index is 12.8. The summed E-state index contributed by atoms with van der Waals surface area (Å²) >= 11 is 0. The summed E-state index contributed by atoms with van der Waals surface area (Å²) in [6.45, 7) is 3.84. The SMILES string of the molecule is CC(C)OC(=O)CNCc1ccc(F)c(F)c1. The van der Waals surface area contributed by atoms with E-state index in [9.17, 15) is 13.6 Å². The van der Waals surface area contributed by atoms with Gasteiger partial charge in [0.25, 0.3) is 0 Å². The van der Waals surface area contributed by atoms with Crippen LogP contribution in [0.15, 0.2) is 18.2 Å². The van der Waals surface area contributed by atoms with E-state index >= 15 is 0 Å². The lowest BCUT2D eigenvalue weighted by Crippen LogP contribution is -2.26. The fraction of sp³-hybridized carbons (Fsp3) is 0.417. The van der Waals surface area contributed by atoms with Crippen LogP contribution in [0.1, 0.15) is 19.4 Å². The van der Waals surface area contributed by atoms with E-state index in [1.165, 1.54) is 6.07 Å². The highest BCUT2D eigenvalue weighted by Crippen LogP contribution is 2.08. The second-order valence-corrected chi connectivity index (χ2v) is 3.89.